The van der Waals surface area contributed by atoms with E-state index >= 15 is 0 Å². The van der Waals surface area contributed by atoms with Crippen molar-refractivity contribution >= 4 is 51.0 Å². The van der Waals surface area contributed by atoms with Gasteiger partial charge in [0, 0.05) is 36.0 Å². The van der Waals surface area contributed by atoms with Gasteiger partial charge in [0.05, 0.1) is 23.6 Å². The van der Waals surface area contributed by atoms with Gasteiger partial charge in [-0.1, -0.05) is 26.8 Å². The number of nitrogens with zero attached hydrogens (tertiary/aromatic N) is 5. The Morgan fingerprint density at radius 3 is 2.27 bits per heavy atom. The molecule has 3 aliphatic rings. The zero-order valence-electron chi connectivity index (χ0n) is 33.4. The van der Waals surface area contributed by atoms with Crippen molar-refractivity contribution in [3.8, 4) is 27.7 Å². The average molecular weight is 860 g/mol. The molecule has 2 aliphatic carbocycles. The first-order valence-electron chi connectivity index (χ1n) is 19.3. The van der Waals surface area contributed by atoms with Crippen molar-refractivity contribution in [3.63, 3.8) is 0 Å². The third-order valence-corrected chi connectivity index (χ3v) is 13.3. The largest absolute Gasteiger partial charge is 0.497 e. The molecule has 17 nitrogen and oxygen atoms in total. The van der Waals surface area contributed by atoms with E-state index in [2.05, 4.69) is 16.9 Å². The number of aromatic nitrogens is 4. The molecule has 1 saturated heterocycles. The molecule has 2 saturated carbocycles. The fourth-order valence-electron chi connectivity index (χ4n) is 7.48. The molecule has 0 bridgehead atoms. The van der Waals surface area contributed by atoms with E-state index in [0.717, 1.165) is 30.7 Å². The Labute approximate surface area is 350 Å². The highest BCUT2D eigenvalue weighted by Crippen LogP contribution is 2.46. The summed E-state index contributed by atoms with van der Waals surface area (Å²) in [6.45, 7) is 8.89. The minimum Gasteiger partial charge on any atom is -0.497 e. The SMILES string of the molecule is C=C[C@@H]1C[C@@]1(NC(=O)[C@@H]1C[C@@H](n2nc(-c3ccc(OC)cc3)c(-c3nccs3)n2)CN1C(=O)[C@H](C(=O)OC1CCC1)C(C)(C)C)C(=O)NS(=O)(=O)c1ccc(C(=O)O)cc1. The van der Waals surface area contributed by atoms with Crippen LogP contribution in [0.4, 0.5) is 0 Å². The summed E-state index contributed by atoms with van der Waals surface area (Å²) in [6, 6.07) is 9.54. The monoisotopic (exact) mass is 859 g/mol. The number of likely N-dealkylation sites (tertiary alicyclic amines) is 1. The predicted octanol–water partition coefficient (Wildman–Crippen LogP) is 4.24. The summed E-state index contributed by atoms with van der Waals surface area (Å²) in [5, 5.41) is 24.1. The number of amides is 3. The number of carboxylic acids is 1. The van der Waals surface area contributed by atoms with Gasteiger partial charge in [0.2, 0.25) is 11.8 Å². The number of carbonyl (C=O) groups is 5. The van der Waals surface area contributed by atoms with E-state index in [0.29, 0.717) is 40.6 Å². The average Bonchev–Trinajstić information content (AvgIpc) is 3.63. The van der Waals surface area contributed by atoms with Crippen LogP contribution < -0.4 is 14.8 Å². The molecule has 3 fully saturated rings. The lowest BCUT2D eigenvalue weighted by Crippen LogP contribution is -2.57. The second kappa shape index (κ2) is 16.2. The standard InChI is InChI=1S/C41H45N7O10S2/c1-6-25-21-41(25,39(54)46-60(55,56)29-16-12-24(13-17-29)37(51)52)43-34(49)30-20-26(22-47(30)36(50)31(40(2,3)4)38(53)58-28-8-7-9-28)48-44-32(23-10-14-27(57-5)15-11-23)33(45-48)35-42-18-19-59-35/h6,10-19,25-26,28,30-31H,1,7-9,20-22H2,2-5H3,(H,43,49)(H,46,54)(H,51,52)/t25-,26-,30+,31-,41+/m1/s1. The van der Waals surface area contributed by atoms with Crippen LogP contribution in [0.1, 0.15) is 69.3 Å². The van der Waals surface area contributed by atoms with Crippen molar-refractivity contribution < 1.29 is 47.0 Å². The van der Waals surface area contributed by atoms with Gasteiger partial charge in [0.1, 0.15) is 45.7 Å². The van der Waals surface area contributed by atoms with E-state index in [4.69, 9.17) is 19.7 Å². The molecule has 0 unspecified atom stereocenters. The highest BCUT2D eigenvalue weighted by molar-refractivity contribution is 7.90. The Morgan fingerprint density at radius 2 is 1.72 bits per heavy atom. The molecule has 2 aromatic heterocycles. The molecule has 316 valence electrons. The van der Waals surface area contributed by atoms with Crippen LogP contribution in [0.2, 0.25) is 0 Å². The lowest BCUT2D eigenvalue weighted by atomic mass is 9.79. The van der Waals surface area contributed by atoms with Crippen molar-refractivity contribution in [2.24, 2.45) is 17.3 Å². The highest BCUT2D eigenvalue weighted by atomic mass is 32.2. The summed E-state index contributed by atoms with van der Waals surface area (Å²) in [7, 11) is -2.96. The number of ether oxygens (including phenoxy) is 2. The number of hydrogen-bond donors (Lipinski definition) is 3. The smallest absolute Gasteiger partial charge is 0.335 e. The van der Waals surface area contributed by atoms with Crippen molar-refractivity contribution in [3.05, 3.63) is 78.3 Å². The quantitative estimate of drug-likeness (QED) is 0.0917. The van der Waals surface area contributed by atoms with Crippen molar-refractivity contribution in [1.29, 1.82) is 0 Å². The van der Waals surface area contributed by atoms with Gasteiger partial charge in [0.25, 0.3) is 15.9 Å². The minimum atomic E-state index is -4.52. The molecule has 3 heterocycles. The number of benzene rings is 2. The Balaban J connectivity index is 1.22. The maximum Gasteiger partial charge on any atom is 0.335 e. The maximum atomic E-state index is 14.8. The Bertz CT molecular complexity index is 2420. The van der Waals surface area contributed by atoms with Crippen molar-refractivity contribution in [2.45, 2.75) is 81.5 Å². The molecule has 7 rings (SSSR count). The topological polar surface area (TPSA) is 229 Å². The summed E-state index contributed by atoms with van der Waals surface area (Å²) in [5.41, 5.74) is -1.16. The molecular weight excluding hydrogens is 815 g/mol. The number of carboxylic acid groups (broad SMARTS) is 1. The third-order valence-electron chi connectivity index (χ3n) is 11.2. The van der Waals surface area contributed by atoms with Gasteiger partial charge in [-0.05, 0) is 79.6 Å². The van der Waals surface area contributed by atoms with Crippen LogP contribution in [-0.2, 0) is 33.9 Å². The second-order valence-corrected chi connectivity index (χ2v) is 18.8. The Kier molecular flexibility index (Phi) is 11.4. The van der Waals surface area contributed by atoms with Crippen LogP contribution in [0, 0.1) is 17.3 Å². The number of hydrogen-bond acceptors (Lipinski definition) is 13. The first kappa shape index (κ1) is 42.2. The zero-order valence-corrected chi connectivity index (χ0v) is 35.0. The van der Waals surface area contributed by atoms with Gasteiger partial charge < -0.3 is 24.8 Å². The molecule has 3 N–H and O–H groups in total. The number of esters is 1. The van der Waals surface area contributed by atoms with Gasteiger partial charge in [-0.2, -0.15) is 9.90 Å². The number of rotatable bonds is 14. The van der Waals surface area contributed by atoms with Crippen molar-refractivity contribution in [1.82, 2.24) is 34.9 Å². The number of nitrogens with one attached hydrogen (secondary N) is 2. The number of sulfonamides is 1. The van der Waals surface area contributed by atoms with E-state index < -0.39 is 74.6 Å². The van der Waals surface area contributed by atoms with E-state index in [-0.39, 0.29) is 35.9 Å². The van der Waals surface area contributed by atoms with Gasteiger partial charge >= 0.3 is 11.9 Å². The molecular formula is C41H45N7O10S2. The highest BCUT2D eigenvalue weighted by Gasteiger charge is 2.62. The zero-order chi connectivity index (χ0) is 43.1. The fourth-order valence-corrected chi connectivity index (χ4v) is 9.14. The molecule has 0 radical (unpaired) electrons. The van der Waals surface area contributed by atoms with Crippen LogP contribution in [0.15, 0.2) is 77.7 Å². The summed E-state index contributed by atoms with van der Waals surface area (Å²) in [5.74, 6) is -5.76. The maximum absolute atomic E-state index is 14.8. The number of thiazole rings is 1. The van der Waals surface area contributed by atoms with Crippen LogP contribution in [0.5, 0.6) is 5.75 Å². The summed E-state index contributed by atoms with van der Waals surface area (Å²) >= 11 is 1.36. The first-order valence-corrected chi connectivity index (χ1v) is 21.7. The van der Waals surface area contributed by atoms with Crippen molar-refractivity contribution in [2.75, 3.05) is 13.7 Å². The number of methoxy groups -OCH3 is 1. The van der Waals surface area contributed by atoms with Gasteiger partial charge in [-0.3, -0.25) is 19.2 Å². The fraction of sp³-hybridized carbons (Fsp3) is 0.415. The first-order chi connectivity index (χ1) is 28.4. The van der Waals surface area contributed by atoms with E-state index in [1.54, 1.807) is 51.6 Å². The molecule has 0 spiro atoms. The normalized spacial score (nSPS) is 21.9. The summed E-state index contributed by atoms with van der Waals surface area (Å²) < 4.78 is 39.8. The summed E-state index contributed by atoms with van der Waals surface area (Å²) in [6.07, 6.45) is 5.02. The minimum absolute atomic E-state index is 0.00702. The lowest BCUT2D eigenvalue weighted by Gasteiger charge is -2.35. The van der Waals surface area contributed by atoms with Crippen LogP contribution in [-0.4, -0.2) is 99.4 Å². The van der Waals surface area contributed by atoms with Gasteiger partial charge in [0.15, 0.2) is 0 Å². The molecule has 60 heavy (non-hydrogen) atoms. The van der Waals surface area contributed by atoms with E-state index in [9.17, 15) is 37.5 Å². The molecule has 3 amide bonds. The Morgan fingerprint density at radius 1 is 1.03 bits per heavy atom. The molecule has 5 atom stereocenters. The van der Waals surface area contributed by atoms with E-state index in [1.807, 2.05) is 16.9 Å². The molecule has 19 heteroatoms. The lowest BCUT2D eigenvalue weighted by molar-refractivity contribution is -0.169. The summed E-state index contributed by atoms with van der Waals surface area (Å²) in [4.78, 5) is 75.1. The van der Waals surface area contributed by atoms with Gasteiger partial charge in [-0.25, -0.2) is 22.9 Å². The van der Waals surface area contributed by atoms with Crippen LogP contribution in [0.3, 0.4) is 0 Å². The van der Waals surface area contributed by atoms with Crippen LogP contribution in [0.25, 0.3) is 22.0 Å². The number of carbonyl (C=O) groups excluding carboxylic acids is 4. The van der Waals surface area contributed by atoms with Gasteiger partial charge in [-0.15, -0.1) is 23.0 Å². The van der Waals surface area contributed by atoms with Crippen LogP contribution >= 0.6 is 11.3 Å². The Hall–Kier alpha value is -5.95. The molecule has 2 aromatic carbocycles. The third kappa shape index (κ3) is 8.27. The van der Waals surface area contributed by atoms with E-state index in [1.165, 1.54) is 27.1 Å². The predicted molar refractivity (Wildman–Crippen MR) is 217 cm³/mol. The number of aromatic carboxylic acids is 1. The second-order valence-electron chi connectivity index (χ2n) is 16.2. The molecule has 1 aliphatic heterocycles. The molecule has 4 aromatic rings.